The van der Waals surface area contributed by atoms with E-state index in [1.54, 1.807) is 0 Å². The van der Waals surface area contributed by atoms with Crippen molar-refractivity contribution in [1.29, 1.82) is 0 Å². The molecule has 0 heterocycles. The third-order valence-corrected chi connectivity index (χ3v) is 1.78. The number of carboxylic acids is 2. The summed E-state index contributed by atoms with van der Waals surface area (Å²) in [4.78, 5) is 30.8. The van der Waals surface area contributed by atoms with Gasteiger partial charge in [0, 0.05) is 12.8 Å². The summed E-state index contributed by atoms with van der Waals surface area (Å²) in [6.07, 6.45) is 2.70. The van der Waals surface area contributed by atoms with Crippen LogP contribution in [-0.2, 0) is 14.4 Å². The Hall–Kier alpha value is -1.39. The summed E-state index contributed by atoms with van der Waals surface area (Å²) >= 11 is 0. The molecule has 2 N–H and O–H groups in total. The van der Waals surface area contributed by atoms with Crippen LogP contribution in [0.1, 0.15) is 38.5 Å². The van der Waals surface area contributed by atoms with Crippen LogP contribution in [-0.4, -0.2) is 27.9 Å². The van der Waals surface area contributed by atoms with Crippen molar-refractivity contribution < 1.29 is 24.6 Å². The van der Waals surface area contributed by atoms with Gasteiger partial charge in [0.25, 0.3) is 0 Å². The number of carboxylic acid groups (broad SMARTS) is 2. The molecule has 0 aromatic rings. The SMILES string of the molecule is O=C(O)CCCCCCC(=O)C(=O)O. The molecule has 0 aliphatic carbocycles. The van der Waals surface area contributed by atoms with Crippen molar-refractivity contribution in [3.8, 4) is 0 Å². The van der Waals surface area contributed by atoms with E-state index in [9.17, 15) is 14.4 Å². The molecule has 0 radical (unpaired) electrons. The van der Waals surface area contributed by atoms with Crippen molar-refractivity contribution >= 4 is 17.7 Å². The maximum absolute atomic E-state index is 10.6. The lowest BCUT2D eigenvalue weighted by Crippen LogP contribution is -2.11. The Morgan fingerprint density at radius 1 is 0.786 bits per heavy atom. The number of rotatable bonds is 8. The minimum Gasteiger partial charge on any atom is -0.481 e. The molecule has 0 unspecified atom stereocenters. The van der Waals surface area contributed by atoms with Crippen LogP contribution in [0.25, 0.3) is 0 Å². The van der Waals surface area contributed by atoms with E-state index in [2.05, 4.69) is 0 Å². The third-order valence-electron chi connectivity index (χ3n) is 1.78. The second-order valence-corrected chi connectivity index (χ2v) is 3.04. The van der Waals surface area contributed by atoms with E-state index >= 15 is 0 Å². The van der Waals surface area contributed by atoms with Crippen LogP contribution >= 0.6 is 0 Å². The van der Waals surface area contributed by atoms with Crippen LogP contribution in [0.15, 0.2) is 0 Å². The van der Waals surface area contributed by atoms with E-state index in [0.717, 1.165) is 6.42 Å². The first-order valence-corrected chi connectivity index (χ1v) is 4.52. The fourth-order valence-corrected chi connectivity index (χ4v) is 1.02. The van der Waals surface area contributed by atoms with Gasteiger partial charge in [-0.25, -0.2) is 4.79 Å². The number of ketones is 1. The van der Waals surface area contributed by atoms with Gasteiger partial charge in [-0.15, -0.1) is 0 Å². The van der Waals surface area contributed by atoms with E-state index in [1.165, 1.54) is 0 Å². The number of unbranched alkanes of at least 4 members (excludes halogenated alkanes) is 3. The van der Waals surface area contributed by atoms with Gasteiger partial charge in [0.1, 0.15) is 0 Å². The van der Waals surface area contributed by atoms with Crippen molar-refractivity contribution in [2.24, 2.45) is 0 Å². The van der Waals surface area contributed by atoms with Gasteiger partial charge < -0.3 is 10.2 Å². The van der Waals surface area contributed by atoms with Gasteiger partial charge in [-0.3, -0.25) is 9.59 Å². The van der Waals surface area contributed by atoms with Gasteiger partial charge in [-0.05, 0) is 12.8 Å². The summed E-state index contributed by atoms with van der Waals surface area (Å²) in [5.74, 6) is -3.00. The maximum Gasteiger partial charge on any atom is 0.372 e. The van der Waals surface area contributed by atoms with Gasteiger partial charge >= 0.3 is 11.9 Å². The zero-order valence-electron chi connectivity index (χ0n) is 7.86. The van der Waals surface area contributed by atoms with Crippen molar-refractivity contribution in [3.05, 3.63) is 0 Å². The quantitative estimate of drug-likeness (QED) is 0.453. The van der Waals surface area contributed by atoms with Gasteiger partial charge in [0.15, 0.2) is 0 Å². The van der Waals surface area contributed by atoms with E-state index in [4.69, 9.17) is 10.2 Å². The monoisotopic (exact) mass is 202 g/mol. The lowest BCUT2D eigenvalue weighted by atomic mass is 10.1. The lowest BCUT2D eigenvalue weighted by molar-refractivity contribution is -0.149. The molecule has 5 nitrogen and oxygen atoms in total. The molecule has 5 heteroatoms. The van der Waals surface area contributed by atoms with Crippen molar-refractivity contribution in [3.63, 3.8) is 0 Å². The van der Waals surface area contributed by atoms with Gasteiger partial charge in [0.2, 0.25) is 5.78 Å². The first kappa shape index (κ1) is 12.6. The van der Waals surface area contributed by atoms with E-state index < -0.39 is 17.7 Å². The number of aliphatic carboxylic acids is 2. The number of hydrogen-bond donors (Lipinski definition) is 2. The molecule has 0 aromatic carbocycles. The highest BCUT2D eigenvalue weighted by molar-refractivity contribution is 6.32. The Balaban J connectivity index is 3.26. The minimum atomic E-state index is -1.39. The number of hydrogen-bond acceptors (Lipinski definition) is 3. The van der Waals surface area contributed by atoms with Crippen LogP contribution in [0.3, 0.4) is 0 Å². The van der Waals surface area contributed by atoms with E-state index in [1.807, 2.05) is 0 Å². The van der Waals surface area contributed by atoms with Crippen LogP contribution in [0, 0.1) is 0 Å². The molecule has 0 amide bonds. The summed E-state index contributed by atoms with van der Waals surface area (Å²) in [7, 11) is 0. The van der Waals surface area contributed by atoms with Crippen molar-refractivity contribution in [2.75, 3.05) is 0 Å². The third kappa shape index (κ3) is 7.27. The fraction of sp³-hybridized carbons (Fsp3) is 0.667. The highest BCUT2D eigenvalue weighted by atomic mass is 16.4. The molecule has 0 saturated heterocycles. The molecule has 0 aliphatic rings. The molecule has 0 fully saturated rings. The molecule has 0 aliphatic heterocycles. The summed E-state index contributed by atoms with van der Waals surface area (Å²) in [6.45, 7) is 0. The molecule has 0 atom stereocenters. The normalized spacial score (nSPS) is 9.71. The molecule has 0 bridgehead atoms. The van der Waals surface area contributed by atoms with Crippen LogP contribution in [0.2, 0.25) is 0 Å². The smallest absolute Gasteiger partial charge is 0.372 e. The first-order valence-electron chi connectivity index (χ1n) is 4.52. The average molecular weight is 202 g/mol. The predicted octanol–water partition coefficient (Wildman–Crippen LogP) is 1.07. The van der Waals surface area contributed by atoms with E-state index in [0.29, 0.717) is 19.3 Å². The predicted molar refractivity (Wildman–Crippen MR) is 48.0 cm³/mol. The Morgan fingerprint density at radius 2 is 1.29 bits per heavy atom. The molecule has 0 rings (SSSR count). The highest BCUT2D eigenvalue weighted by Crippen LogP contribution is 2.05. The van der Waals surface area contributed by atoms with Gasteiger partial charge in [-0.2, -0.15) is 0 Å². The Kier molecular flexibility index (Phi) is 6.36. The molecule has 14 heavy (non-hydrogen) atoms. The molecule has 0 saturated carbocycles. The number of carbonyl (C=O) groups excluding carboxylic acids is 1. The van der Waals surface area contributed by atoms with Gasteiger partial charge in [-0.1, -0.05) is 12.8 Å². The fourth-order valence-electron chi connectivity index (χ4n) is 1.02. The van der Waals surface area contributed by atoms with Crippen LogP contribution in [0.4, 0.5) is 0 Å². The van der Waals surface area contributed by atoms with Crippen molar-refractivity contribution in [2.45, 2.75) is 38.5 Å². The largest absolute Gasteiger partial charge is 0.481 e. The molecular formula is C9H14O5. The molecule has 80 valence electrons. The minimum absolute atomic E-state index is 0.0441. The average Bonchev–Trinajstić information content (AvgIpc) is 2.09. The van der Waals surface area contributed by atoms with Crippen molar-refractivity contribution in [1.82, 2.24) is 0 Å². The van der Waals surface area contributed by atoms with Crippen LogP contribution in [0.5, 0.6) is 0 Å². The summed E-state index contributed by atoms with van der Waals surface area (Å²) in [5.41, 5.74) is 0. The molecular weight excluding hydrogens is 188 g/mol. The maximum atomic E-state index is 10.6. The standard InChI is InChI=1S/C9H14O5/c10-7(9(13)14)5-3-1-2-4-6-8(11)12/h1-6H2,(H,11,12)(H,13,14). The lowest BCUT2D eigenvalue weighted by Gasteiger charge is -1.97. The molecule has 0 aromatic heterocycles. The second-order valence-electron chi connectivity index (χ2n) is 3.04. The van der Waals surface area contributed by atoms with Gasteiger partial charge in [0.05, 0.1) is 0 Å². The van der Waals surface area contributed by atoms with E-state index in [-0.39, 0.29) is 12.8 Å². The summed E-state index contributed by atoms with van der Waals surface area (Å²) < 4.78 is 0. The Morgan fingerprint density at radius 3 is 1.71 bits per heavy atom. The first-order chi connectivity index (χ1) is 6.54. The zero-order chi connectivity index (χ0) is 11.0. The summed E-state index contributed by atoms with van der Waals surface area (Å²) in [5, 5.41) is 16.5. The van der Waals surface area contributed by atoms with Crippen LogP contribution < -0.4 is 0 Å². The topological polar surface area (TPSA) is 91.7 Å². The number of Topliss-reactive ketones (excluding diaryl/α,β-unsaturated/α-hetero) is 1. The Labute approximate surface area is 81.7 Å². The highest BCUT2D eigenvalue weighted by Gasteiger charge is 2.09. The zero-order valence-corrected chi connectivity index (χ0v) is 7.86. The summed E-state index contributed by atoms with van der Waals surface area (Å²) in [6, 6.07) is 0. The number of carbonyl (C=O) groups is 3. The molecule has 0 spiro atoms. The Bertz CT molecular complexity index is 221. The second kappa shape index (κ2) is 7.06.